The molecule has 1 aromatic rings. The van der Waals surface area contributed by atoms with Crippen LogP contribution < -0.4 is 5.32 Å². The highest BCUT2D eigenvalue weighted by Gasteiger charge is 2.13. The van der Waals surface area contributed by atoms with Crippen molar-refractivity contribution in [2.75, 3.05) is 5.32 Å². The molecule has 0 radical (unpaired) electrons. The second-order valence-electron chi connectivity index (χ2n) is 3.40. The number of hydrogen-bond donors (Lipinski definition) is 1. The third-order valence-corrected chi connectivity index (χ3v) is 2.80. The first-order chi connectivity index (χ1) is 7.08. The van der Waals surface area contributed by atoms with E-state index in [-0.39, 0.29) is 11.7 Å². The lowest BCUT2D eigenvalue weighted by Crippen LogP contribution is -2.18. The smallest absolute Gasteiger partial charge is 0.150 e. The van der Waals surface area contributed by atoms with Crippen LogP contribution in [-0.4, -0.2) is 6.04 Å². The molecule has 15 heavy (non-hydrogen) atoms. The van der Waals surface area contributed by atoms with Gasteiger partial charge in [-0.2, -0.15) is 0 Å². The first-order valence-electron chi connectivity index (χ1n) is 4.99. The molecule has 1 nitrogen and oxygen atoms in total. The van der Waals surface area contributed by atoms with Gasteiger partial charge < -0.3 is 5.32 Å². The minimum absolute atomic E-state index is 0.0353. The summed E-state index contributed by atoms with van der Waals surface area (Å²) >= 11 is 3.04. The Morgan fingerprint density at radius 3 is 2.07 bits per heavy atom. The van der Waals surface area contributed by atoms with E-state index in [1.54, 1.807) is 0 Å². The first kappa shape index (κ1) is 12.4. The van der Waals surface area contributed by atoms with E-state index in [1.165, 1.54) is 12.1 Å². The van der Waals surface area contributed by atoms with E-state index in [2.05, 4.69) is 21.2 Å². The lowest BCUT2D eigenvalue weighted by atomic mass is 10.1. The molecule has 1 N–H and O–H groups in total. The second kappa shape index (κ2) is 5.45. The topological polar surface area (TPSA) is 12.0 Å². The van der Waals surface area contributed by atoms with Crippen LogP contribution in [0.5, 0.6) is 0 Å². The van der Waals surface area contributed by atoms with Crippen molar-refractivity contribution < 1.29 is 8.78 Å². The molecule has 0 aliphatic rings. The van der Waals surface area contributed by atoms with Gasteiger partial charge in [0.05, 0.1) is 0 Å². The zero-order chi connectivity index (χ0) is 11.4. The Kier molecular flexibility index (Phi) is 4.51. The van der Waals surface area contributed by atoms with Crippen molar-refractivity contribution in [1.82, 2.24) is 0 Å². The normalized spacial score (nSPS) is 10.8. The largest absolute Gasteiger partial charge is 0.378 e. The van der Waals surface area contributed by atoms with Gasteiger partial charge >= 0.3 is 0 Å². The van der Waals surface area contributed by atoms with Crippen molar-refractivity contribution in [2.24, 2.45) is 0 Å². The minimum Gasteiger partial charge on any atom is -0.378 e. The number of anilines is 1. The van der Waals surface area contributed by atoms with E-state index < -0.39 is 11.6 Å². The average Bonchev–Trinajstić information content (AvgIpc) is 2.17. The maximum absolute atomic E-state index is 13.4. The minimum atomic E-state index is -0.561. The molecule has 4 heteroatoms. The Bertz CT molecular complexity index is 314. The first-order valence-corrected chi connectivity index (χ1v) is 5.78. The van der Waals surface area contributed by atoms with Crippen LogP contribution in [0, 0.1) is 11.6 Å². The third kappa shape index (κ3) is 3.16. The zero-order valence-corrected chi connectivity index (χ0v) is 10.4. The van der Waals surface area contributed by atoms with Crippen LogP contribution in [0.3, 0.4) is 0 Å². The van der Waals surface area contributed by atoms with Gasteiger partial charge in [0.25, 0.3) is 0 Å². The fourth-order valence-electron chi connectivity index (χ4n) is 1.38. The Morgan fingerprint density at radius 1 is 1.20 bits per heavy atom. The molecule has 0 saturated carbocycles. The third-order valence-electron chi connectivity index (χ3n) is 2.34. The summed E-state index contributed by atoms with van der Waals surface area (Å²) in [5, 5.41) is 2.87. The number of hydrogen-bond acceptors (Lipinski definition) is 1. The molecule has 0 amide bonds. The molecule has 0 unspecified atom stereocenters. The van der Waals surface area contributed by atoms with Crippen LogP contribution in [0.2, 0.25) is 0 Å². The van der Waals surface area contributed by atoms with Gasteiger partial charge in [0.1, 0.15) is 17.3 Å². The predicted octanol–water partition coefficient (Wildman–Crippen LogP) is 4.33. The Hall–Kier alpha value is -0.640. The van der Waals surface area contributed by atoms with Gasteiger partial charge in [-0.15, -0.1) is 0 Å². The van der Waals surface area contributed by atoms with Crippen molar-refractivity contribution in [3.05, 3.63) is 28.2 Å². The summed E-state index contributed by atoms with van der Waals surface area (Å²) in [4.78, 5) is 0. The molecule has 0 fully saturated rings. The highest BCUT2D eigenvalue weighted by Crippen LogP contribution is 2.25. The average molecular weight is 278 g/mol. The van der Waals surface area contributed by atoms with Gasteiger partial charge in [-0.1, -0.05) is 29.8 Å². The van der Waals surface area contributed by atoms with E-state index in [0.717, 1.165) is 12.8 Å². The zero-order valence-electron chi connectivity index (χ0n) is 8.78. The maximum Gasteiger partial charge on any atom is 0.150 e. The molecule has 1 rings (SSSR count). The van der Waals surface area contributed by atoms with E-state index in [9.17, 15) is 8.78 Å². The van der Waals surface area contributed by atoms with Crippen molar-refractivity contribution in [1.29, 1.82) is 0 Å². The van der Waals surface area contributed by atoms with E-state index >= 15 is 0 Å². The second-order valence-corrected chi connectivity index (χ2v) is 4.32. The van der Waals surface area contributed by atoms with Crippen molar-refractivity contribution in [3.63, 3.8) is 0 Å². The van der Waals surface area contributed by atoms with Gasteiger partial charge in [0, 0.05) is 10.5 Å². The molecule has 0 heterocycles. The van der Waals surface area contributed by atoms with Crippen molar-refractivity contribution >= 4 is 21.6 Å². The van der Waals surface area contributed by atoms with Crippen LogP contribution in [0.1, 0.15) is 26.7 Å². The van der Waals surface area contributed by atoms with Crippen molar-refractivity contribution in [3.8, 4) is 0 Å². The molecule has 0 aromatic heterocycles. The molecule has 0 bridgehead atoms. The summed E-state index contributed by atoms with van der Waals surface area (Å²) in [5.41, 5.74) is -0.0353. The fraction of sp³-hybridized carbons (Fsp3) is 0.455. The number of rotatable bonds is 4. The van der Waals surface area contributed by atoms with Gasteiger partial charge in [0.15, 0.2) is 0 Å². The fourth-order valence-corrected chi connectivity index (χ4v) is 1.78. The summed E-state index contributed by atoms with van der Waals surface area (Å²) < 4.78 is 27.2. The molecular weight excluding hydrogens is 264 g/mol. The molecule has 0 aliphatic carbocycles. The SMILES string of the molecule is CCC(CC)Nc1c(F)cc(Br)cc1F. The standard InChI is InChI=1S/C11H14BrF2N/c1-3-8(4-2)15-11-9(13)5-7(12)6-10(11)14/h5-6,8,15H,3-4H2,1-2H3. The van der Waals surface area contributed by atoms with E-state index in [0.29, 0.717) is 4.47 Å². The Balaban J connectivity index is 2.94. The lowest BCUT2D eigenvalue weighted by molar-refractivity contribution is 0.574. The van der Waals surface area contributed by atoms with Gasteiger partial charge in [-0.05, 0) is 25.0 Å². The number of benzene rings is 1. The maximum atomic E-state index is 13.4. The Morgan fingerprint density at radius 2 is 1.67 bits per heavy atom. The van der Waals surface area contributed by atoms with Crippen LogP contribution >= 0.6 is 15.9 Å². The molecule has 0 saturated heterocycles. The summed E-state index contributed by atoms with van der Waals surface area (Å²) in [6.45, 7) is 3.96. The lowest BCUT2D eigenvalue weighted by Gasteiger charge is -2.17. The van der Waals surface area contributed by atoms with Gasteiger partial charge in [0.2, 0.25) is 0 Å². The van der Waals surface area contributed by atoms with E-state index in [4.69, 9.17) is 0 Å². The molecule has 0 spiro atoms. The highest BCUT2D eigenvalue weighted by molar-refractivity contribution is 9.10. The molecular formula is C11H14BrF2N. The molecule has 0 atom stereocenters. The predicted molar refractivity (Wildman–Crippen MR) is 62.1 cm³/mol. The summed E-state index contributed by atoms with van der Waals surface area (Å²) in [6, 6.07) is 2.62. The quantitative estimate of drug-likeness (QED) is 0.864. The van der Waals surface area contributed by atoms with Crippen LogP contribution in [0.15, 0.2) is 16.6 Å². The van der Waals surface area contributed by atoms with E-state index in [1.807, 2.05) is 13.8 Å². The molecule has 84 valence electrons. The summed E-state index contributed by atoms with van der Waals surface area (Å²) in [5.74, 6) is -1.12. The molecule has 1 aromatic carbocycles. The number of nitrogens with one attached hydrogen (secondary N) is 1. The van der Waals surface area contributed by atoms with Gasteiger partial charge in [-0.3, -0.25) is 0 Å². The molecule has 0 aliphatic heterocycles. The monoisotopic (exact) mass is 277 g/mol. The van der Waals surface area contributed by atoms with Crippen LogP contribution in [0.25, 0.3) is 0 Å². The summed E-state index contributed by atoms with van der Waals surface area (Å²) in [6.07, 6.45) is 1.68. The summed E-state index contributed by atoms with van der Waals surface area (Å²) in [7, 11) is 0. The highest BCUT2D eigenvalue weighted by atomic mass is 79.9. The van der Waals surface area contributed by atoms with Crippen LogP contribution in [0.4, 0.5) is 14.5 Å². The van der Waals surface area contributed by atoms with Crippen LogP contribution in [-0.2, 0) is 0 Å². The van der Waals surface area contributed by atoms with Gasteiger partial charge in [-0.25, -0.2) is 8.78 Å². The Labute approximate surface area is 97.0 Å². The van der Waals surface area contributed by atoms with Crippen molar-refractivity contribution in [2.45, 2.75) is 32.7 Å². The number of halogens is 3.